The smallest absolute Gasteiger partial charge is 0.240 e. The Kier molecular flexibility index (Phi) is 4.35. The van der Waals surface area contributed by atoms with Crippen LogP contribution in [0.1, 0.15) is 20.3 Å². The van der Waals surface area contributed by atoms with Crippen LogP contribution in [-0.4, -0.2) is 19.0 Å². The predicted octanol–water partition coefficient (Wildman–Crippen LogP) is 2.02. The number of benzene rings is 1. The first kappa shape index (κ1) is 12.6. The van der Waals surface area contributed by atoms with Crippen LogP contribution >= 0.6 is 0 Å². The lowest BCUT2D eigenvalue weighted by molar-refractivity contribution is -0.119. The second kappa shape index (κ2) is 5.54. The third kappa shape index (κ3) is 3.26. The summed E-state index contributed by atoms with van der Waals surface area (Å²) in [6.45, 7) is 4.18. The highest BCUT2D eigenvalue weighted by Crippen LogP contribution is 2.18. The van der Waals surface area contributed by atoms with Crippen molar-refractivity contribution in [2.75, 3.05) is 11.9 Å². The largest absolute Gasteiger partial charge is 0.368 e. The minimum atomic E-state index is -0.264. The molecule has 0 radical (unpaired) electrons. The van der Waals surface area contributed by atoms with E-state index in [-0.39, 0.29) is 11.9 Å². The maximum Gasteiger partial charge on any atom is 0.240 e. The number of para-hydroxylation sites is 1. The van der Waals surface area contributed by atoms with Gasteiger partial charge in [0, 0.05) is 12.7 Å². The Morgan fingerprint density at radius 1 is 1.31 bits per heavy atom. The van der Waals surface area contributed by atoms with Gasteiger partial charge in [0.25, 0.3) is 0 Å². The summed E-state index contributed by atoms with van der Waals surface area (Å²) in [5.41, 5.74) is 6.46. The topological polar surface area (TPSA) is 46.3 Å². The third-order valence-corrected chi connectivity index (χ3v) is 2.65. The van der Waals surface area contributed by atoms with Gasteiger partial charge in [-0.25, -0.2) is 0 Å². The molecule has 1 rings (SSSR count). The Bertz CT molecular complexity index is 335. The number of hydrogen-bond donors (Lipinski definition) is 1. The predicted molar refractivity (Wildman–Crippen MR) is 67.3 cm³/mol. The van der Waals surface area contributed by atoms with Crippen molar-refractivity contribution in [3.05, 3.63) is 30.3 Å². The number of nitrogens with zero attached hydrogens (tertiary/aromatic N) is 1. The van der Waals surface area contributed by atoms with Crippen LogP contribution in [-0.2, 0) is 4.79 Å². The van der Waals surface area contributed by atoms with Gasteiger partial charge >= 0.3 is 0 Å². The molecule has 0 aromatic heterocycles. The standard InChI is InChI=1S/C13H20N2O/c1-10(2)9-12(13(14)16)15(3)11-7-5-4-6-8-11/h4-8,10,12H,9H2,1-3H3,(H2,14,16)/t12-/m0/s1. The van der Waals surface area contributed by atoms with Gasteiger partial charge in [-0.1, -0.05) is 32.0 Å². The molecule has 16 heavy (non-hydrogen) atoms. The molecule has 3 heteroatoms. The van der Waals surface area contributed by atoms with E-state index in [9.17, 15) is 4.79 Å². The molecule has 3 nitrogen and oxygen atoms in total. The molecule has 0 fully saturated rings. The van der Waals surface area contributed by atoms with Gasteiger partial charge in [-0.2, -0.15) is 0 Å². The summed E-state index contributed by atoms with van der Waals surface area (Å²) in [6.07, 6.45) is 0.778. The average Bonchev–Trinajstić information content (AvgIpc) is 2.25. The number of hydrogen-bond acceptors (Lipinski definition) is 2. The number of carbonyl (C=O) groups excluding carboxylic acids is 1. The summed E-state index contributed by atoms with van der Waals surface area (Å²) in [6, 6.07) is 9.60. The summed E-state index contributed by atoms with van der Waals surface area (Å²) >= 11 is 0. The molecular formula is C13H20N2O. The molecule has 0 aliphatic heterocycles. The number of primary amides is 1. The Morgan fingerprint density at radius 2 is 1.88 bits per heavy atom. The zero-order valence-electron chi connectivity index (χ0n) is 10.2. The van der Waals surface area contributed by atoms with E-state index in [4.69, 9.17) is 5.73 Å². The molecule has 1 amide bonds. The monoisotopic (exact) mass is 220 g/mol. The molecule has 1 aromatic carbocycles. The van der Waals surface area contributed by atoms with Gasteiger partial charge in [0.05, 0.1) is 0 Å². The fraction of sp³-hybridized carbons (Fsp3) is 0.462. The number of carbonyl (C=O) groups is 1. The zero-order valence-corrected chi connectivity index (χ0v) is 10.2. The Labute approximate surface area is 97.2 Å². The van der Waals surface area contributed by atoms with E-state index in [0.717, 1.165) is 12.1 Å². The van der Waals surface area contributed by atoms with Gasteiger partial charge < -0.3 is 10.6 Å². The quantitative estimate of drug-likeness (QED) is 0.825. The summed E-state index contributed by atoms with van der Waals surface area (Å²) in [5.74, 6) is 0.184. The second-order valence-electron chi connectivity index (χ2n) is 4.49. The average molecular weight is 220 g/mol. The maximum absolute atomic E-state index is 11.4. The second-order valence-corrected chi connectivity index (χ2v) is 4.49. The molecule has 0 saturated heterocycles. The third-order valence-electron chi connectivity index (χ3n) is 2.65. The molecule has 0 bridgehead atoms. The minimum absolute atomic E-state index is 0.234. The van der Waals surface area contributed by atoms with Crippen LogP contribution < -0.4 is 10.6 Å². The summed E-state index contributed by atoms with van der Waals surface area (Å²) < 4.78 is 0. The van der Waals surface area contributed by atoms with E-state index in [0.29, 0.717) is 5.92 Å². The van der Waals surface area contributed by atoms with E-state index in [2.05, 4.69) is 13.8 Å². The van der Waals surface area contributed by atoms with E-state index >= 15 is 0 Å². The van der Waals surface area contributed by atoms with Crippen LogP contribution in [0, 0.1) is 5.92 Å². The van der Waals surface area contributed by atoms with E-state index in [1.165, 1.54) is 0 Å². The van der Waals surface area contributed by atoms with Crippen LogP contribution in [0.25, 0.3) is 0 Å². The Morgan fingerprint density at radius 3 is 2.31 bits per heavy atom. The van der Waals surface area contributed by atoms with Gasteiger partial charge in [0.15, 0.2) is 0 Å². The zero-order chi connectivity index (χ0) is 12.1. The first-order valence-electron chi connectivity index (χ1n) is 5.59. The van der Waals surface area contributed by atoms with Crippen LogP contribution in [0.5, 0.6) is 0 Å². The van der Waals surface area contributed by atoms with Crippen molar-refractivity contribution >= 4 is 11.6 Å². The van der Waals surface area contributed by atoms with E-state index in [1.54, 1.807) is 0 Å². The number of anilines is 1. The molecule has 88 valence electrons. The summed E-state index contributed by atoms with van der Waals surface area (Å²) in [4.78, 5) is 13.4. The van der Waals surface area contributed by atoms with Crippen molar-refractivity contribution in [1.82, 2.24) is 0 Å². The van der Waals surface area contributed by atoms with Crippen molar-refractivity contribution in [3.8, 4) is 0 Å². The highest BCUT2D eigenvalue weighted by molar-refractivity contribution is 5.83. The fourth-order valence-electron chi connectivity index (χ4n) is 1.75. The van der Waals surface area contributed by atoms with Crippen LogP contribution in [0.2, 0.25) is 0 Å². The molecule has 0 aliphatic rings. The Hall–Kier alpha value is -1.51. The van der Waals surface area contributed by atoms with Gasteiger partial charge in [-0.15, -0.1) is 0 Å². The van der Waals surface area contributed by atoms with E-state index < -0.39 is 0 Å². The molecule has 0 spiro atoms. The molecule has 1 aromatic rings. The SMILES string of the molecule is CC(C)C[C@@H](C(N)=O)N(C)c1ccccc1. The van der Waals surface area contributed by atoms with Gasteiger partial charge in [0.1, 0.15) is 6.04 Å². The van der Waals surface area contributed by atoms with Gasteiger partial charge in [-0.05, 0) is 24.5 Å². The summed E-state index contributed by atoms with van der Waals surface area (Å²) in [7, 11) is 1.91. The number of nitrogens with two attached hydrogens (primary N) is 1. The van der Waals surface area contributed by atoms with Crippen molar-refractivity contribution in [2.24, 2.45) is 11.7 Å². The molecule has 2 N–H and O–H groups in total. The highest BCUT2D eigenvalue weighted by atomic mass is 16.1. The lowest BCUT2D eigenvalue weighted by atomic mass is 10.0. The fourth-order valence-corrected chi connectivity index (χ4v) is 1.75. The van der Waals surface area contributed by atoms with Crippen LogP contribution in [0.15, 0.2) is 30.3 Å². The van der Waals surface area contributed by atoms with Crippen LogP contribution in [0.4, 0.5) is 5.69 Å². The van der Waals surface area contributed by atoms with Gasteiger partial charge in [-0.3, -0.25) is 4.79 Å². The minimum Gasteiger partial charge on any atom is -0.368 e. The molecule has 1 atom stereocenters. The van der Waals surface area contributed by atoms with Crippen molar-refractivity contribution in [1.29, 1.82) is 0 Å². The Balaban J connectivity index is 2.83. The normalized spacial score (nSPS) is 12.5. The molecule has 0 aliphatic carbocycles. The van der Waals surface area contributed by atoms with Crippen molar-refractivity contribution in [2.45, 2.75) is 26.3 Å². The summed E-state index contributed by atoms with van der Waals surface area (Å²) in [5, 5.41) is 0. The molecular weight excluding hydrogens is 200 g/mol. The van der Waals surface area contributed by atoms with Crippen molar-refractivity contribution in [3.63, 3.8) is 0 Å². The maximum atomic E-state index is 11.4. The number of rotatable bonds is 5. The number of amides is 1. The first-order chi connectivity index (χ1) is 7.52. The molecule has 0 unspecified atom stereocenters. The van der Waals surface area contributed by atoms with E-state index in [1.807, 2.05) is 42.3 Å². The molecule has 0 heterocycles. The number of likely N-dealkylation sites (N-methyl/N-ethyl adjacent to an activating group) is 1. The van der Waals surface area contributed by atoms with Crippen LogP contribution in [0.3, 0.4) is 0 Å². The molecule has 0 saturated carbocycles. The lowest BCUT2D eigenvalue weighted by Gasteiger charge is -2.28. The first-order valence-corrected chi connectivity index (χ1v) is 5.59. The van der Waals surface area contributed by atoms with Gasteiger partial charge in [0.2, 0.25) is 5.91 Å². The lowest BCUT2D eigenvalue weighted by Crippen LogP contribution is -2.43. The highest BCUT2D eigenvalue weighted by Gasteiger charge is 2.21. The van der Waals surface area contributed by atoms with Crippen molar-refractivity contribution < 1.29 is 4.79 Å².